The molecule has 0 saturated heterocycles. The van der Waals surface area contributed by atoms with Crippen molar-refractivity contribution in [2.45, 2.75) is 0 Å². The van der Waals surface area contributed by atoms with Gasteiger partial charge >= 0.3 is 0 Å². The Kier molecular flexibility index (Phi) is 2.34. The molecule has 0 aliphatic heterocycles. The zero-order valence-corrected chi connectivity index (χ0v) is 8.41. The second-order valence-electron chi connectivity index (χ2n) is 2.49. The lowest BCUT2D eigenvalue weighted by molar-refractivity contribution is 0.311. The first kappa shape index (κ1) is 8.74. The summed E-state index contributed by atoms with van der Waals surface area (Å²) < 4.78 is 1.10. The normalized spacial score (nSPS) is 10.8. The van der Waals surface area contributed by atoms with E-state index in [1.807, 2.05) is 6.07 Å². The number of hydrogen-bond acceptors (Lipinski definition) is 6. The summed E-state index contributed by atoms with van der Waals surface area (Å²) >= 11 is 3.04. The van der Waals surface area contributed by atoms with E-state index in [9.17, 15) is 0 Å². The highest BCUT2D eigenvalue weighted by Gasteiger charge is 2.05. The highest BCUT2D eigenvalue weighted by atomic mass is 32.1. The maximum atomic E-state index is 8.59. The third-order valence-corrected chi connectivity index (χ3v) is 3.44. The zero-order chi connectivity index (χ0) is 9.26. The standard InChI is InChI=1S/C7H9N3OS2/c8-5-3-4-6(13-5)10-7(12-4)9-1-2-11/h3,11H,1-2,8H2,(H,9,10). The molecule has 2 aromatic rings. The second-order valence-corrected chi connectivity index (χ2v) is 4.58. The number of hydrogen-bond donors (Lipinski definition) is 3. The average Bonchev–Trinajstić information content (AvgIpc) is 2.57. The van der Waals surface area contributed by atoms with Crippen LogP contribution in [0.5, 0.6) is 0 Å². The van der Waals surface area contributed by atoms with Crippen molar-refractivity contribution in [3.05, 3.63) is 6.07 Å². The first-order valence-electron chi connectivity index (χ1n) is 3.80. The van der Waals surface area contributed by atoms with Crippen LogP contribution in [0.4, 0.5) is 10.1 Å². The molecule has 0 atom stereocenters. The number of rotatable bonds is 3. The smallest absolute Gasteiger partial charge is 0.184 e. The van der Waals surface area contributed by atoms with E-state index in [-0.39, 0.29) is 6.61 Å². The van der Waals surface area contributed by atoms with Crippen molar-refractivity contribution in [3.63, 3.8) is 0 Å². The summed E-state index contributed by atoms with van der Waals surface area (Å²) in [6.07, 6.45) is 0. The molecule has 4 nitrogen and oxygen atoms in total. The van der Waals surface area contributed by atoms with Gasteiger partial charge in [0.2, 0.25) is 0 Å². The summed E-state index contributed by atoms with van der Waals surface area (Å²) in [6, 6.07) is 1.92. The minimum absolute atomic E-state index is 0.120. The molecular formula is C7H9N3OS2. The van der Waals surface area contributed by atoms with E-state index < -0.39 is 0 Å². The maximum absolute atomic E-state index is 8.59. The molecule has 0 aliphatic carbocycles. The number of aromatic nitrogens is 1. The number of thiophene rings is 1. The molecule has 2 heterocycles. The monoisotopic (exact) mass is 215 g/mol. The summed E-state index contributed by atoms with van der Waals surface area (Å²) in [7, 11) is 0. The number of aliphatic hydroxyl groups is 1. The Morgan fingerprint density at radius 1 is 1.54 bits per heavy atom. The molecule has 2 rings (SSSR count). The topological polar surface area (TPSA) is 71.2 Å². The SMILES string of the molecule is Nc1cc2sc(NCCO)nc2s1. The lowest BCUT2D eigenvalue weighted by Crippen LogP contribution is -2.04. The molecule has 0 bridgehead atoms. The van der Waals surface area contributed by atoms with Crippen molar-refractivity contribution in [3.8, 4) is 0 Å². The van der Waals surface area contributed by atoms with Crippen molar-refractivity contribution in [2.24, 2.45) is 0 Å². The number of nitrogens with two attached hydrogens (primary N) is 1. The highest BCUT2D eigenvalue weighted by Crippen LogP contribution is 2.33. The van der Waals surface area contributed by atoms with E-state index in [0.29, 0.717) is 6.54 Å². The van der Waals surface area contributed by atoms with Gasteiger partial charge in [0.25, 0.3) is 0 Å². The molecule has 0 spiro atoms. The number of thiazole rings is 1. The van der Waals surface area contributed by atoms with Gasteiger partial charge in [0.05, 0.1) is 16.3 Å². The van der Waals surface area contributed by atoms with Gasteiger partial charge in [-0.3, -0.25) is 0 Å². The Bertz CT molecular complexity index is 377. The van der Waals surface area contributed by atoms with E-state index in [1.54, 1.807) is 11.3 Å². The number of nitrogens with one attached hydrogen (secondary N) is 1. The van der Waals surface area contributed by atoms with Crippen molar-refractivity contribution < 1.29 is 5.11 Å². The van der Waals surface area contributed by atoms with Gasteiger partial charge in [-0.25, -0.2) is 4.98 Å². The van der Waals surface area contributed by atoms with Crippen LogP contribution in [0.2, 0.25) is 0 Å². The highest BCUT2D eigenvalue weighted by molar-refractivity contribution is 7.30. The van der Waals surface area contributed by atoms with Crippen molar-refractivity contribution in [1.29, 1.82) is 0 Å². The maximum Gasteiger partial charge on any atom is 0.184 e. The fraction of sp³-hybridized carbons (Fsp3) is 0.286. The predicted molar refractivity (Wildman–Crippen MR) is 57.5 cm³/mol. The largest absolute Gasteiger partial charge is 0.395 e. The number of nitrogen functional groups attached to an aromatic ring is 1. The quantitative estimate of drug-likeness (QED) is 0.722. The van der Waals surface area contributed by atoms with Gasteiger partial charge in [-0.05, 0) is 6.07 Å². The Balaban J connectivity index is 2.24. The van der Waals surface area contributed by atoms with Crippen LogP contribution in [-0.4, -0.2) is 23.2 Å². The van der Waals surface area contributed by atoms with Crippen LogP contribution in [0.15, 0.2) is 6.07 Å². The Morgan fingerprint density at radius 2 is 2.38 bits per heavy atom. The summed E-state index contributed by atoms with van der Waals surface area (Å²) in [5.74, 6) is 0. The van der Waals surface area contributed by atoms with E-state index >= 15 is 0 Å². The van der Waals surface area contributed by atoms with E-state index in [0.717, 1.165) is 19.7 Å². The first-order valence-corrected chi connectivity index (χ1v) is 5.43. The van der Waals surface area contributed by atoms with Gasteiger partial charge in [0.1, 0.15) is 4.83 Å². The molecule has 4 N–H and O–H groups in total. The number of nitrogens with zero attached hydrogens (tertiary/aromatic N) is 1. The average molecular weight is 215 g/mol. The fourth-order valence-electron chi connectivity index (χ4n) is 0.991. The molecular weight excluding hydrogens is 206 g/mol. The lowest BCUT2D eigenvalue weighted by atomic mass is 10.6. The van der Waals surface area contributed by atoms with Crippen molar-refractivity contribution in [1.82, 2.24) is 4.98 Å². The van der Waals surface area contributed by atoms with E-state index in [1.165, 1.54) is 11.3 Å². The van der Waals surface area contributed by atoms with Gasteiger partial charge in [-0.1, -0.05) is 22.7 Å². The molecule has 13 heavy (non-hydrogen) atoms. The minimum Gasteiger partial charge on any atom is -0.395 e. The van der Waals surface area contributed by atoms with Crippen LogP contribution in [0.3, 0.4) is 0 Å². The molecule has 0 amide bonds. The molecule has 6 heteroatoms. The molecule has 0 saturated carbocycles. The van der Waals surface area contributed by atoms with Crippen molar-refractivity contribution >= 4 is 42.3 Å². The van der Waals surface area contributed by atoms with Gasteiger partial charge < -0.3 is 16.2 Å². The predicted octanol–water partition coefficient (Wildman–Crippen LogP) is 1.34. The molecule has 0 radical (unpaired) electrons. The molecule has 70 valence electrons. The van der Waals surface area contributed by atoms with Gasteiger partial charge in [0.15, 0.2) is 5.13 Å². The van der Waals surface area contributed by atoms with Crippen LogP contribution in [-0.2, 0) is 0 Å². The van der Waals surface area contributed by atoms with Crippen LogP contribution < -0.4 is 11.1 Å². The van der Waals surface area contributed by atoms with Crippen LogP contribution in [0, 0.1) is 0 Å². The van der Waals surface area contributed by atoms with Gasteiger partial charge in [-0.15, -0.1) is 0 Å². The van der Waals surface area contributed by atoms with Gasteiger partial charge in [0, 0.05) is 6.54 Å². The van der Waals surface area contributed by atoms with E-state index in [4.69, 9.17) is 10.8 Å². The number of anilines is 2. The molecule has 0 aliphatic rings. The summed E-state index contributed by atoms with van der Waals surface area (Å²) in [4.78, 5) is 5.27. The Labute approximate surface area is 83.0 Å². The third kappa shape index (κ3) is 1.74. The Hall–Kier alpha value is -0.850. The number of fused-ring (bicyclic) bond motifs is 1. The molecule has 0 aromatic carbocycles. The second kappa shape index (κ2) is 3.49. The summed E-state index contributed by atoms with van der Waals surface area (Å²) in [6.45, 7) is 0.658. The minimum atomic E-state index is 0.120. The van der Waals surface area contributed by atoms with Crippen LogP contribution >= 0.6 is 22.7 Å². The van der Waals surface area contributed by atoms with Crippen LogP contribution in [0.25, 0.3) is 9.53 Å². The molecule has 0 fully saturated rings. The van der Waals surface area contributed by atoms with E-state index in [2.05, 4.69) is 10.3 Å². The third-order valence-electron chi connectivity index (χ3n) is 1.50. The summed E-state index contributed by atoms with van der Waals surface area (Å²) in [5.41, 5.74) is 5.61. The van der Waals surface area contributed by atoms with Gasteiger partial charge in [-0.2, -0.15) is 0 Å². The fourth-order valence-corrected chi connectivity index (χ4v) is 2.91. The molecule has 2 aromatic heterocycles. The van der Waals surface area contributed by atoms with Crippen molar-refractivity contribution in [2.75, 3.05) is 24.2 Å². The zero-order valence-electron chi connectivity index (χ0n) is 6.78. The Morgan fingerprint density at radius 3 is 3.08 bits per heavy atom. The first-order chi connectivity index (χ1) is 6.29. The lowest BCUT2D eigenvalue weighted by Gasteiger charge is -1.95. The summed E-state index contributed by atoms with van der Waals surface area (Å²) in [5, 5.41) is 13.2. The van der Waals surface area contributed by atoms with Crippen LogP contribution in [0.1, 0.15) is 0 Å². The molecule has 0 unspecified atom stereocenters. The number of aliphatic hydroxyl groups excluding tert-OH is 1.